The van der Waals surface area contributed by atoms with Crippen LogP contribution in [0.25, 0.3) is 0 Å². The highest BCUT2D eigenvalue weighted by Gasteiger charge is 2.36. The van der Waals surface area contributed by atoms with Crippen LogP contribution in [0.1, 0.15) is 76.6 Å². The van der Waals surface area contributed by atoms with Crippen LogP contribution >= 0.6 is 0 Å². The molecule has 12 heteroatoms. The summed E-state index contributed by atoms with van der Waals surface area (Å²) < 4.78 is 23.3. The van der Waals surface area contributed by atoms with Crippen molar-refractivity contribution in [2.75, 3.05) is 0 Å². The number of nitrogens with two attached hydrogens (primary N) is 2. The van der Waals surface area contributed by atoms with Gasteiger partial charge in [-0.05, 0) is 89.5 Å². The largest absolute Gasteiger partial charge is 0.452 e. The molecule has 4 rings (SSSR count). The summed E-state index contributed by atoms with van der Waals surface area (Å²) in [6.07, 6.45) is -2.20. The van der Waals surface area contributed by atoms with Gasteiger partial charge in [0.15, 0.2) is 0 Å². The highest BCUT2D eigenvalue weighted by Crippen LogP contribution is 2.21. The topological polar surface area (TPSA) is 181 Å². The van der Waals surface area contributed by atoms with Crippen LogP contribution in [0.15, 0.2) is 121 Å². The zero-order valence-electron chi connectivity index (χ0n) is 35.7. The lowest BCUT2D eigenvalue weighted by Crippen LogP contribution is -2.52. The van der Waals surface area contributed by atoms with E-state index in [4.69, 9.17) is 30.4 Å². The van der Waals surface area contributed by atoms with Crippen LogP contribution in [0, 0.1) is 0 Å². The Balaban J connectivity index is 1.66. The summed E-state index contributed by atoms with van der Waals surface area (Å²) in [6.45, 7) is 10.5. The Morgan fingerprint density at radius 1 is 0.467 bits per heavy atom. The number of hydrogen-bond donors (Lipinski definition) is 4. The molecule has 2 amide bonds. The molecule has 0 heterocycles. The zero-order valence-corrected chi connectivity index (χ0v) is 35.7. The average Bonchev–Trinajstić information content (AvgIpc) is 3.17. The van der Waals surface area contributed by atoms with E-state index in [0.29, 0.717) is 12.8 Å². The van der Waals surface area contributed by atoms with Crippen LogP contribution in [-0.2, 0) is 54.2 Å². The SMILES string of the molecule is CC(C)(C)OC(=O)N[C@@H](Cc1ccccc1)[C@H](C[C@@H](N)Cc1ccccc1)OC(=O)C(=O)O[C@@H](C[C@@H](N)Cc1ccccc1)[C@H](Cc1ccccc1)NC(=O)OC(C)(C)C. The van der Waals surface area contributed by atoms with Crippen molar-refractivity contribution in [3.8, 4) is 0 Å². The molecule has 60 heavy (non-hydrogen) atoms. The number of hydrogen-bond acceptors (Lipinski definition) is 10. The highest BCUT2D eigenvalue weighted by atomic mass is 16.6. The van der Waals surface area contributed by atoms with Crippen molar-refractivity contribution >= 4 is 24.1 Å². The van der Waals surface area contributed by atoms with Crippen molar-refractivity contribution in [2.45, 2.75) is 128 Å². The standard InChI is InChI=1S/C48H62N4O8/c1-47(2,3)59-45(55)51-39(29-35-23-15-9-16-24-35)41(31-37(49)27-33-19-11-7-12-20-33)57-43(53)44(54)58-42(32-38(50)28-34-21-13-8-14-22-34)40(30-36-25-17-10-18-26-36)52-46(56)60-48(4,5)6/h7-26,37-42H,27-32,49-50H2,1-6H3,(H,51,55)(H,52,56)/t37-,38-,39-,40-,41-,42-/m0/s1. The van der Waals surface area contributed by atoms with Crippen LogP contribution in [0.5, 0.6) is 0 Å². The molecule has 0 unspecified atom stereocenters. The van der Waals surface area contributed by atoms with Crippen LogP contribution in [0.4, 0.5) is 9.59 Å². The summed E-state index contributed by atoms with van der Waals surface area (Å²) in [6, 6.07) is 35.1. The summed E-state index contributed by atoms with van der Waals surface area (Å²) in [5.74, 6) is -2.60. The van der Waals surface area contributed by atoms with E-state index in [1.807, 2.05) is 121 Å². The van der Waals surface area contributed by atoms with Crippen molar-refractivity contribution in [1.82, 2.24) is 10.6 Å². The number of esters is 2. The van der Waals surface area contributed by atoms with Crippen molar-refractivity contribution in [3.63, 3.8) is 0 Å². The third-order valence-corrected chi connectivity index (χ3v) is 9.33. The van der Waals surface area contributed by atoms with Crippen molar-refractivity contribution < 1.29 is 38.1 Å². The quantitative estimate of drug-likeness (QED) is 0.0464. The van der Waals surface area contributed by atoms with Gasteiger partial charge in [0, 0.05) is 24.9 Å². The third kappa shape index (κ3) is 17.6. The highest BCUT2D eigenvalue weighted by molar-refractivity contribution is 6.29. The second kappa shape index (κ2) is 22.6. The number of benzene rings is 4. The normalized spacial score (nSPS) is 14.6. The zero-order chi connectivity index (χ0) is 43.7. The maximum absolute atomic E-state index is 14.0. The van der Waals surface area contributed by atoms with Crippen molar-refractivity contribution in [3.05, 3.63) is 144 Å². The Bertz CT molecular complexity index is 1780. The second-order valence-electron chi connectivity index (χ2n) is 17.1. The molecule has 0 saturated carbocycles. The van der Waals surface area contributed by atoms with Gasteiger partial charge in [-0.2, -0.15) is 0 Å². The summed E-state index contributed by atoms with van der Waals surface area (Å²) in [7, 11) is 0. The summed E-state index contributed by atoms with van der Waals surface area (Å²) in [5.41, 5.74) is 15.4. The first-order valence-corrected chi connectivity index (χ1v) is 20.5. The molecule has 322 valence electrons. The monoisotopic (exact) mass is 822 g/mol. The van der Waals surface area contributed by atoms with E-state index in [2.05, 4.69) is 10.6 Å². The smallest absolute Gasteiger partial charge is 0.417 e. The molecule has 6 N–H and O–H groups in total. The van der Waals surface area contributed by atoms with Crippen LogP contribution in [0.2, 0.25) is 0 Å². The Hall–Kier alpha value is -5.72. The van der Waals surface area contributed by atoms with Gasteiger partial charge in [0.25, 0.3) is 0 Å². The van der Waals surface area contributed by atoms with Gasteiger partial charge in [0.05, 0.1) is 12.1 Å². The Morgan fingerprint density at radius 2 is 0.733 bits per heavy atom. The Kier molecular flexibility index (Phi) is 17.7. The second-order valence-corrected chi connectivity index (χ2v) is 17.1. The minimum atomic E-state index is -1.30. The van der Waals surface area contributed by atoms with Crippen molar-refractivity contribution in [1.29, 1.82) is 0 Å². The number of amides is 2. The van der Waals surface area contributed by atoms with Crippen LogP contribution < -0.4 is 22.1 Å². The molecule has 0 radical (unpaired) electrons. The van der Waals surface area contributed by atoms with Gasteiger partial charge in [0.1, 0.15) is 23.4 Å². The summed E-state index contributed by atoms with van der Waals surface area (Å²) >= 11 is 0. The fraction of sp³-hybridized carbons (Fsp3) is 0.417. The molecule has 0 aliphatic heterocycles. The predicted octanol–water partition coefficient (Wildman–Crippen LogP) is 7.00. The Labute approximate surface area is 354 Å². The molecule has 0 bridgehead atoms. The summed E-state index contributed by atoms with van der Waals surface area (Å²) in [4.78, 5) is 54.7. The van der Waals surface area contributed by atoms with Crippen molar-refractivity contribution in [2.24, 2.45) is 11.5 Å². The van der Waals surface area contributed by atoms with Gasteiger partial charge in [-0.3, -0.25) is 0 Å². The molecular weight excluding hydrogens is 761 g/mol. The first kappa shape index (κ1) is 47.0. The fourth-order valence-corrected chi connectivity index (χ4v) is 6.76. The lowest BCUT2D eigenvalue weighted by atomic mass is 9.93. The number of alkyl carbamates (subject to hydrolysis) is 2. The van der Waals surface area contributed by atoms with E-state index in [9.17, 15) is 19.2 Å². The maximum atomic E-state index is 14.0. The first-order chi connectivity index (χ1) is 28.4. The molecule has 0 aliphatic rings. The Morgan fingerprint density at radius 3 is 1.00 bits per heavy atom. The maximum Gasteiger partial charge on any atom is 0.417 e. The van der Waals surface area contributed by atoms with Gasteiger partial charge in [-0.1, -0.05) is 121 Å². The number of nitrogens with one attached hydrogen (secondary N) is 2. The van der Waals surface area contributed by atoms with Crippen LogP contribution in [0.3, 0.4) is 0 Å². The molecule has 0 aliphatic carbocycles. The average molecular weight is 823 g/mol. The lowest BCUT2D eigenvalue weighted by molar-refractivity contribution is -0.176. The van der Waals surface area contributed by atoms with Gasteiger partial charge in [0.2, 0.25) is 0 Å². The van der Waals surface area contributed by atoms with E-state index >= 15 is 0 Å². The van der Waals surface area contributed by atoms with Gasteiger partial charge >= 0.3 is 24.1 Å². The third-order valence-electron chi connectivity index (χ3n) is 9.33. The van der Waals surface area contributed by atoms with E-state index in [-0.39, 0.29) is 25.7 Å². The predicted molar refractivity (Wildman–Crippen MR) is 232 cm³/mol. The van der Waals surface area contributed by atoms with E-state index in [1.54, 1.807) is 41.5 Å². The minimum Gasteiger partial charge on any atom is -0.452 e. The number of carbonyl (C=O) groups is 4. The van der Waals surface area contributed by atoms with Gasteiger partial charge < -0.3 is 41.0 Å². The molecule has 4 aromatic carbocycles. The first-order valence-electron chi connectivity index (χ1n) is 20.5. The van der Waals surface area contributed by atoms with E-state index in [1.165, 1.54) is 0 Å². The van der Waals surface area contributed by atoms with E-state index in [0.717, 1.165) is 22.3 Å². The van der Waals surface area contributed by atoms with Gasteiger partial charge in [-0.15, -0.1) is 0 Å². The van der Waals surface area contributed by atoms with Crippen LogP contribution in [-0.4, -0.2) is 71.7 Å². The molecule has 0 saturated heterocycles. The molecule has 4 aromatic rings. The number of carbonyl (C=O) groups excluding carboxylic acids is 4. The molecule has 6 atom stereocenters. The number of rotatable bonds is 18. The van der Waals surface area contributed by atoms with E-state index < -0.39 is 71.7 Å². The van der Waals surface area contributed by atoms with Gasteiger partial charge in [-0.25, -0.2) is 19.2 Å². The molecule has 0 fully saturated rings. The molecule has 0 aromatic heterocycles. The molecular formula is C48H62N4O8. The minimum absolute atomic E-state index is 0.0728. The summed E-state index contributed by atoms with van der Waals surface area (Å²) in [5, 5.41) is 5.77. The fourth-order valence-electron chi connectivity index (χ4n) is 6.76. The lowest BCUT2D eigenvalue weighted by Gasteiger charge is -2.32. The molecule has 12 nitrogen and oxygen atoms in total. The number of ether oxygens (including phenoxy) is 4. The molecule has 0 spiro atoms.